The second-order valence-electron chi connectivity index (χ2n) is 4.83. The summed E-state index contributed by atoms with van der Waals surface area (Å²) in [6.45, 7) is 4.97. The highest BCUT2D eigenvalue weighted by Gasteiger charge is 2.31. The van der Waals surface area contributed by atoms with Gasteiger partial charge in [0.15, 0.2) is 0 Å². The van der Waals surface area contributed by atoms with Gasteiger partial charge in [-0.25, -0.2) is 4.39 Å². The van der Waals surface area contributed by atoms with Gasteiger partial charge in [0.2, 0.25) is 0 Å². The summed E-state index contributed by atoms with van der Waals surface area (Å²) in [7, 11) is 0. The molecule has 19 heavy (non-hydrogen) atoms. The van der Waals surface area contributed by atoms with Gasteiger partial charge in [-0.3, -0.25) is 0 Å². The first-order chi connectivity index (χ1) is 8.51. The highest BCUT2D eigenvalue weighted by molar-refractivity contribution is 7.91. The monoisotopic (exact) mass is 295 g/mol. The van der Waals surface area contributed by atoms with Gasteiger partial charge in [-0.05, 0) is 39.0 Å². The molecule has 0 N–H and O–H groups in total. The average molecular weight is 295 g/mol. The van der Waals surface area contributed by atoms with Gasteiger partial charge in [0.1, 0.15) is 21.9 Å². The molecule has 0 heterocycles. The molecule has 0 radical (unpaired) electrons. The van der Waals surface area contributed by atoms with E-state index in [0.29, 0.717) is 18.2 Å². The van der Waals surface area contributed by atoms with E-state index in [9.17, 15) is 22.1 Å². The molecular formula is C12H13F4NOS. The Morgan fingerprint density at radius 2 is 1.79 bits per heavy atom. The summed E-state index contributed by atoms with van der Waals surface area (Å²) in [4.78, 5) is 0. The van der Waals surface area contributed by atoms with Gasteiger partial charge in [0, 0.05) is 5.56 Å². The Morgan fingerprint density at radius 1 is 1.21 bits per heavy atom. The molecule has 0 aliphatic rings. The summed E-state index contributed by atoms with van der Waals surface area (Å²) in [5.41, 5.74) is -1.32. The first-order valence-electron chi connectivity index (χ1n) is 5.34. The Kier molecular flexibility index (Phi) is 4.63. The predicted molar refractivity (Wildman–Crippen MR) is 66.9 cm³/mol. The summed E-state index contributed by atoms with van der Waals surface area (Å²) in [5, 5.41) is 0. The smallest absolute Gasteiger partial charge is 0.416 e. The fraction of sp³-hybridized carbons (Fsp3) is 0.417. The van der Waals surface area contributed by atoms with E-state index in [-0.39, 0.29) is 5.56 Å². The van der Waals surface area contributed by atoms with Crippen molar-refractivity contribution < 1.29 is 22.1 Å². The molecule has 0 bridgehead atoms. The van der Waals surface area contributed by atoms with E-state index >= 15 is 0 Å². The molecule has 0 spiro atoms. The van der Waals surface area contributed by atoms with Crippen molar-refractivity contribution in [3.63, 3.8) is 0 Å². The number of benzene rings is 1. The molecule has 1 rings (SSSR count). The number of rotatable bonds is 2. The number of halogens is 4. The summed E-state index contributed by atoms with van der Waals surface area (Å²) in [6, 6.07) is 2.00. The van der Waals surface area contributed by atoms with Crippen LogP contribution in [0.5, 0.6) is 0 Å². The van der Waals surface area contributed by atoms with Gasteiger partial charge < -0.3 is 4.55 Å². The van der Waals surface area contributed by atoms with Crippen molar-refractivity contribution in [2.45, 2.75) is 31.7 Å². The second kappa shape index (κ2) is 5.50. The molecule has 0 unspecified atom stereocenters. The van der Waals surface area contributed by atoms with Crippen LogP contribution in [0.15, 0.2) is 22.6 Å². The van der Waals surface area contributed by atoms with Crippen molar-refractivity contribution in [2.75, 3.05) is 0 Å². The van der Waals surface area contributed by atoms with Crippen molar-refractivity contribution >= 4 is 17.6 Å². The van der Waals surface area contributed by atoms with Gasteiger partial charge in [-0.2, -0.15) is 13.2 Å². The largest absolute Gasteiger partial charge is 0.591 e. The zero-order valence-corrected chi connectivity index (χ0v) is 11.4. The van der Waals surface area contributed by atoms with Gasteiger partial charge >= 0.3 is 6.18 Å². The van der Waals surface area contributed by atoms with Crippen LogP contribution in [0.4, 0.5) is 17.6 Å². The van der Waals surface area contributed by atoms with Crippen molar-refractivity contribution in [2.24, 2.45) is 4.40 Å². The minimum absolute atomic E-state index is 0.340. The predicted octanol–water partition coefficient (Wildman–Crippen LogP) is 3.73. The van der Waals surface area contributed by atoms with Crippen LogP contribution in [-0.4, -0.2) is 15.5 Å². The molecule has 0 amide bonds. The van der Waals surface area contributed by atoms with Crippen molar-refractivity contribution in [1.29, 1.82) is 0 Å². The number of hydrogen-bond donors (Lipinski definition) is 0. The van der Waals surface area contributed by atoms with E-state index in [0.717, 1.165) is 6.21 Å². The lowest BCUT2D eigenvalue weighted by Gasteiger charge is -2.17. The summed E-state index contributed by atoms with van der Waals surface area (Å²) in [6.07, 6.45) is -3.69. The Labute approximate surface area is 111 Å². The minimum atomic E-state index is -4.56. The van der Waals surface area contributed by atoms with Crippen LogP contribution in [0.1, 0.15) is 31.9 Å². The standard InChI is InChI=1S/C12H13F4NOS/c1-11(2,3)19(18)17-7-8-6-9(12(14,15)16)4-5-10(8)13/h4-7H,1-3H3/b17-7+/t19-/m1/s1. The molecular weight excluding hydrogens is 282 g/mol. The van der Waals surface area contributed by atoms with Gasteiger partial charge in [0.25, 0.3) is 0 Å². The third kappa shape index (κ3) is 4.50. The first-order valence-corrected chi connectivity index (χ1v) is 6.45. The maximum Gasteiger partial charge on any atom is 0.416 e. The topological polar surface area (TPSA) is 35.4 Å². The van der Waals surface area contributed by atoms with Crippen molar-refractivity contribution in [3.8, 4) is 0 Å². The van der Waals surface area contributed by atoms with E-state index in [1.165, 1.54) is 0 Å². The fourth-order valence-corrected chi connectivity index (χ4v) is 1.61. The number of nitrogens with zero attached hydrogens (tertiary/aromatic N) is 1. The third-order valence-electron chi connectivity index (χ3n) is 2.13. The van der Waals surface area contributed by atoms with Crippen LogP contribution >= 0.6 is 0 Å². The van der Waals surface area contributed by atoms with Gasteiger partial charge in [0.05, 0.1) is 11.8 Å². The van der Waals surface area contributed by atoms with Crippen LogP contribution in [0.3, 0.4) is 0 Å². The molecule has 7 heteroatoms. The van der Waals surface area contributed by atoms with E-state index in [1.54, 1.807) is 20.8 Å². The zero-order valence-electron chi connectivity index (χ0n) is 10.6. The molecule has 0 saturated carbocycles. The molecule has 0 aliphatic carbocycles. The second-order valence-corrected chi connectivity index (χ2v) is 6.76. The maximum absolute atomic E-state index is 13.3. The first kappa shape index (κ1) is 16.0. The fourth-order valence-electron chi connectivity index (χ4n) is 1.08. The lowest BCUT2D eigenvalue weighted by Crippen LogP contribution is -2.25. The molecule has 0 fully saturated rings. The van der Waals surface area contributed by atoms with Crippen molar-refractivity contribution in [1.82, 2.24) is 0 Å². The summed E-state index contributed by atoms with van der Waals surface area (Å²) < 4.78 is 65.3. The Bertz CT molecular complexity index is 480. The van der Waals surface area contributed by atoms with Crippen LogP contribution < -0.4 is 0 Å². The average Bonchev–Trinajstić information content (AvgIpc) is 2.24. The van der Waals surface area contributed by atoms with Crippen molar-refractivity contribution in [3.05, 3.63) is 35.1 Å². The molecule has 2 nitrogen and oxygen atoms in total. The highest BCUT2D eigenvalue weighted by atomic mass is 32.2. The van der Waals surface area contributed by atoms with Crippen LogP contribution in [0.25, 0.3) is 0 Å². The molecule has 1 atom stereocenters. The van der Waals surface area contributed by atoms with Gasteiger partial charge in [-0.1, -0.05) is 4.40 Å². The molecule has 0 aliphatic heterocycles. The SMILES string of the molecule is CC(C)(C)[S@@+]([O-])/N=C/c1cc(C(F)(F)F)ccc1F. The molecule has 106 valence electrons. The van der Waals surface area contributed by atoms with E-state index < -0.39 is 33.7 Å². The lowest BCUT2D eigenvalue weighted by atomic mass is 10.1. The Hall–Kier alpha value is -1.08. The molecule has 1 aromatic carbocycles. The summed E-state index contributed by atoms with van der Waals surface area (Å²) >= 11 is -1.65. The van der Waals surface area contributed by atoms with Crippen LogP contribution in [-0.2, 0) is 17.5 Å². The third-order valence-corrected chi connectivity index (χ3v) is 3.48. The molecule has 0 saturated heterocycles. The Balaban J connectivity index is 3.05. The highest BCUT2D eigenvalue weighted by Crippen LogP contribution is 2.30. The van der Waals surface area contributed by atoms with Gasteiger partial charge in [-0.15, -0.1) is 0 Å². The summed E-state index contributed by atoms with van der Waals surface area (Å²) in [5.74, 6) is -0.845. The van der Waals surface area contributed by atoms with E-state index in [1.807, 2.05) is 0 Å². The quantitative estimate of drug-likeness (QED) is 0.465. The van der Waals surface area contributed by atoms with E-state index in [2.05, 4.69) is 4.40 Å². The number of alkyl halides is 3. The zero-order chi connectivity index (χ0) is 14.8. The Morgan fingerprint density at radius 3 is 2.26 bits per heavy atom. The normalized spacial score (nSPS) is 14.9. The van der Waals surface area contributed by atoms with Crippen LogP contribution in [0, 0.1) is 5.82 Å². The van der Waals surface area contributed by atoms with E-state index in [4.69, 9.17) is 0 Å². The van der Waals surface area contributed by atoms with Crippen LogP contribution in [0.2, 0.25) is 0 Å². The molecule has 0 aromatic heterocycles. The molecule has 1 aromatic rings. The maximum atomic E-state index is 13.3. The minimum Gasteiger partial charge on any atom is -0.591 e. The lowest BCUT2D eigenvalue weighted by molar-refractivity contribution is -0.137. The number of hydrogen-bond acceptors (Lipinski definition) is 2.